The summed E-state index contributed by atoms with van der Waals surface area (Å²) in [5.74, 6) is 3.36. The van der Waals surface area contributed by atoms with Crippen molar-refractivity contribution in [1.29, 1.82) is 0 Å². The number of nitrogens with zero attached hydrogens (tertiary/aromatic N) is 4. The Balaban J connectivity index is 1.71. The van der Waals surface area contributed by atoms with Gasteiger partial charge in [0, 0.05) is 32.2 Å². The lowest BCUT2D eigenvalue weighted by Gasteiger charge is -2.28. The molecule has 2 heterocycles. The average molecular weight is 372 g/mol. The highest BCUT2D eigenvalue weighted by molar-refractivity contribution is 5.80. The highest BCUT2D eigenvalue weighted by Crippen LogP contribution is 2.31. The molecule has 27 heavy (non-hydrogen) atoms. The van der Waals surface area contributed by atoms with E-state index in [0.29, 0.717) is 32.9 Å². The van der Waals surface area contributed by atoms with Gasteiger partial charge >= 0.3 is 0 Å². The van der Waals surface area contributed by atoms with Crippen LogP contribution in [0.1, 0.15) is 36.6 Å². The molecule has 8 heteroatoms. The van der Waals surface area contributed by atoms with E-state index < -0.39 is 0 Å². The zero-order valence-electron chi connectivity index (χ0n) is 16.2. The largest absolute Gasteiger partial charge is 0.493 e. The van der Waals surface area contributed by atoms with Crippen molar-refractivity contribution in [3.05, 3.63) is 41.5 Å². The van der Waals surface area contributed by atoms with Crippen molar-refractivity contribution in [3.8, 4) is 5.75 Å². The highest BCUT2D eigenvalue weighted by atomic mass is 16.5. The van der Waals surface area contributed by atoms with Gasteiger partial charge in [0.25, 0.3) is 0 Å². The number of guanidine groups is 1. The van der Waals surface area contributed by atoms with Gasteiger partial charge in [0.05, 0.1) is 19.3 Å². The van der Waals surface area contributed by atoms with Crippen LogP contribution in [0.4, 0.5) is 0 Å². The Bertz CT molecular complexity index is 773. The maximum Gasteiger partial charge on any atom is 0.192 e. The summed E-state index contributed by atoms with van der Waals surface area (Å²) in [6, 6.07) is 8.27. The Morgan fingerprint density at radius 2 is 2.22 bits per heavy atom. The molecular formula is C19H28N6O2. The van der Waals surface area contributed by atoms with Crippen LogP contribution >= 0.6 is 0 Å². The number of hydrogen-bond acceptors (Lipinski definition) is 5. The first-order valence-corrected chi connectivity index (χ1v) is 9.38. The minimum Gasteiger partial charge on any atom is -0.493 e. The molecule has 146 valence electrons. The van der Waals surface area contributed by atoms with E-state index in [-0.39, 0.29) is 6.04 Å². The third-order valence-electron chi connectivity index (χ3n) is 4.57. The van der Waals surface area contributed by atoms with Crippen LogP contribution in [-0.2, 0) is 18.3 Å². The van der Waals surface area contributed by atoms with Crippen molar-refractivity contribution < 1.29 is 9.47 Å². The van der Waals surface area contributed by atoms with Gasteiger partial charge in [0.1, 0.15) is 18.1 Å². The number of nitrogens with one attached hydrogen (secondary N) is 2. The van der Waals surface area contributed by atoms with Gasteiger partial charge in [-0.2, -0.15) is 0 Å². The van der Waals surface area contributed by atoms with Gasteiger partial charge in [-0.1, -0.05) is 18.2 Å². The molecule has 0 aliphatic carbocycles. The summed E-state index contributed by atoms with van der Waals surface area (Å²) >= 11 is 0. The van der Waals surface area contributed by atoms with Gasteiger partial charge in [0.2, 0.25) is 0 Å². The monoisotopic (exact) mass is 372 g/mol. The molecule has 1 aromatic carbocycles. The molecule has 0 fully saturated rings. The van der Waals surface area contributed by atoms with Crippen molar-refractivity contribution in [3.63, 3.8) is 0 Å². The summed E-state index contributed by atoms with van der Waals surface area (Å²) in [5.41, 5.74) is 1.15. The van der Waals surface area contributed by atoms with Crippen molar-refractivity contribution in [2.45, 2.75) is 32.9 Å². The molecule has 8 nitrogen and oxygen atoms in total. The van der Waals surface area contributed by atoms with Crippen LogP contribution in [0.15, 0.2) is 29.3 Å². The molecule has 0 saturated heterocycles. The highest BCUT2D eigenvalue weighted by Gasteiger charge is 2.22. The van der Waals surface area contributed by atoms with E-state index in [0.717, 1.165) is 35.3 Å². The van der Waals surface area contributed by atoms with Gasteiger partial charge in [-0.3, -0.25) is 0 Å². The molecule has 0 bridgehead atoms. The quantitative estimate of drug-likeness (QED) is 0.437. The second-order valence-corrected chi connectivity index (χ2v) is 6.38. The number of aliphatic imine (C=N–C) groups is 1. The van der Waals surface area contributed by atoms with Crippen molar-refractivity contribution >= 4 is 5.96 Å². The van der Waals surface area contributed by atoms with Crippen LogP contribution in [0, 0.1) is 6.92 Å². The number of benzene rings is 1. The number of aryl methyl sites for hydroxylation is 1. The molecule has 2 N–H and O–H groups in total. The second kappa shape index (κ2) is 9.36. The summed E-state index contributed by atoms with van der Waals surface area (Å²) in [6.45, 7) is 7.07. The SMILES string of the molecule is CCOCCNC(=NCc1nnc(C)n1C)NC1CCOc2ccccc21. The van der Waals surface area contributed by atoms with Gasteiger partial charge in [0.15, 0.2) is 11.8 Å². The number of para-hydroxylation sites is 1. The molecule has 0 radical (unpaired) electrons. The molecular weight excluding hydrogens is 344 g/mol. The lowest BCUT2D eigenvalue weighted by Crippen LogP contribution is -2.42. The number of aromatic nitrogens is 3. The van der Waals surface area contributed by atoms with Crippen LogP contribution in [0.5, 0.6) is 5.75 Å². The van der Waals surface area contributed by atoms with E-state index in [1.54, 1.807) is 0 Å². The molecule has 3 rings (SSSR count). The zero-order chi connectivity index (χ0) is 19.1. The van der Waals surface area contributed by atoms with E-state index in [2.05, 4.69) is 26.9 Å². The topological polar surface area (TPSA) is 85.6 Å². The van der Waals surface area contributed by atoms with Crippen molar-refractivity contribution in [2.24, 2.45) is 12.0 Å². The lowest BCUT2D eigenvalue weighted by atomic mass is 10.0. The fourth-order valence-corrected chi connectivity index (χ4v) is 2.93. The summed E-state index contributed by atoms with van der Waals surface area (Å²) in [6.07, 6.45) is 0.881. The smallest absolute Gasteiger partial charge is 0.192 e. The molecule has 0 amide bonds. The maximum atomic E-state index is 5.75. The summed E-state index contributed by atoms with van der Waals surface area (Å²) in [7, 11) is 1.95. The van der Waals surface area contributed by atoms with E-state index in [9.17, 15) is 0 Å². The molecule has 1 aliphatic heterocycles. The van der Waals surface area contributed by atoms with E-state index >= 15 is 0 Å². The molecule has 2 aromatic rings. The fourth-order valence-electron chi connectivity index (χ4n) is 2.93. The van der Waals surface area contributed by atoms with Crippen LogP contribution in [-0.4, -0.2) is 47.1 Å². The first-order valence-electron chi connectivity index (χ1n) is 9.38. The Hall–Kier alpha value is -2.61. The molecule has 1 unspecified atom stereocenters. The normalized spacial score (nSPS) is 16.6. The Morgan fingerprint density at radius 3 is 3.00 bits per heavy atom. The van der Waals surface area contributed by atoms with Gasteiger partial charge < -0.3 is 24.7 Å². The first kappa shape index (κ1) is 19.2. The summed E-state index contributed by atoms with van der Waals surface area (Å²) in [5, 5.41) is 15.2. The Morgan fingerprint density at radius 1 is 1.37 bits per heavy atom. The molecule has 1 aliphatic rings. The average Bonchev–Trinajstić information content (AvgIpc) is 3.01. The van der Waals surface area contributed by atoms with Crippen LogP contribution in [0.2, 0.25) is 0 Å². The van der Waals surface area contributed by atoms with Crippen molar-refractivity contribution in [1.82, 2.24) is 25.4 Å². The molecule has 1 aromatic heterocycles. The van der Waals surface area contributed by atoms with Crippen LogP contribution < -0.4 is 15.4 Å². The number of rotatable bonds is 7. The third-order valence-corrected chi connectivity index (χ3v) is 4.57. The summed E-state index contributed by atoms with van der Waals surface area (Å²) < 4.78 is 13.1. The van der Waals surface area contributed by atoms with Crippen LogP contribution in [0.25, 0.3) is 0 Å². The Labute approximate surface area is 160 Å². The predicted molar refractivity (Wildman–Crippen MR) is 104 cm³/mol. The van der Waals surface area contributed by atoms with E-state index in [4.69, 9.17) is 14.5 Å². The van der Waals surface area contributed by atoms with Gasteiger partial charge in [-0.25, -0.2) is 4.99 Å². The lowest BCUT2D eigenvalue weighted by molar-refractivity contribution is 0.152. The van der Waals surface area contributed by atoms with Gasteiger partial charge in [-0.15, -0.1) is 10.2 Å². The summed E-state index contributed by atoms with van der Waals surface area (Å²) in [4.78, 5) is 4.71. The zero-order valence-corrected chi connectivity index (χ0v) is 16.2. The van der Waals surface area contributed by atoms with Crippen LogP contribution in [0.3, 0.4) is 0 Å². The standard InChI is InChI=1S/C19H28N6O2/c1-4-26-12-10-20-19(21-13-18-24-23-14(2)25(18)3)22-16-9-11-27-17-8-6-5-7-15(16)17/h5-8,16H,4,9-13H2,1-3H3,(H2,20,21,22). The van der Waals surface area contributed by atoms with Crippen molar-refractivity contribution in [2.75, 3.05) is 26.4 Å². The number of ether oxygens (including phenoxy) is 2. The molecule has 1 atom stereocenters. The minimum atomic E-state index is 0.148. The second-order valence-electron chi connectivity index (χ2n) is 6.38. The molecule has 0 spiro atoms. The molecule has 0 saturated carbocycles. The number of fused-ring (bicyclic) bond motifs is 1. The number of hydrogen-bond donors (Lipinski definition) is 2. The minimum absolute atomic E-state index is 0.148. The van der Waals surface area contributed by atoms with E-state index in [1.807, 2.05) is 43.7 Å². The first-order chi connectivity index (χ1) is 13.2. The maximum absolute atomic E-state index is 5.75. The third kappa shape index (κ3) is 4.97. The van der Waals surface area contributed by atoms with Gasteiger partial charge in [-0.05, 0) is 19.9 Å². The Kier molecular flexibility index (Phi) is 6.64. The fraction of sp³-hybridized carbons (Fsp3) is 0.526. The van der Waals surface area contributed by atoms with E-state index in [1.165, 1.54) is 0 Å². The predicted octanol–water partition coefficient (Wildman–Crippen LogP) is 1.72.